The van der Waals surface area contributed by atoms with E-state index in [4.69, 9.17) is 28.4 Å². The molecule has 6 heteroatoms. The Kier molecular flexibility index (Phi) is 12.7. The van der Waals surface area contributed by atoms with Crippen molar-refractivity contribution in [2.45, 2.75) is 74.7 Å². The van der Waals surface area contributed by atoms with Crippen LogP contribution in [0.5, 0.6) is 69.0 Å². The van der Waals surface area contributed by atoms with Gasteiger partial charge in [-0.25, -0.2) is 0 Å². The molecule has 0 heterocycles. The minimum absolute atomic E-state index is 0.263. The topological polar surface area (TPSA) is 55.4 Å². The first-order valence-corrected chi connectivity index (χ1v) is 22.0. The predicted octanol–water partition coefficient (Wildman–Crippen LogP) is 17.2. The Hall–Kier alpha value is -7.44. The molecular weight excluding hydrogens is 805 g/mol. The Bertz CT molecular complexity index is 2660. The van der Waals surface area contributed by atoms with Crippen molar-refractivity contribution in [1.29, 1.82) is 0 Å². The fourth-order valence-corrected chi connectivity index (χ4v) is 8.29. The molecule has 8 rings (SSSR count). The summed E-state index contributed by atoms with van der Waals surface area (Å²) in [5.74, 6) is 9.49. The van der Waals surface area contributed by atoms with E-state index in [1.54, 1.807) is 0 Å². The van der Waals surface area contributed by atoms with Gasteiger partial charge in [0, 0.05) is 5.41 Å². The zero-order valence-electron chi connectivity index (χ0n) is 39.0. The lowest BCUT2D eigenvalue weighted by Gasteiger charge is -2.26. The second-order valence-electron chi connectivity index (χ2n) is 17.5. The number of para-hydroxylation sites is 2. The molecule has 8 aromatic carbocycles. The first-order chi connectivity index (χ1) is 31.2. The molecule has 0 aromatic heterocycles. The first-order valence-electron chi connectivity index (χ1n) is 22.0. The molecule has 0 atom stereocenters. The molecule has 0 unspecified atom stereocenters. The number of hydrogen-bond acceptors (Lipinski definition) is 6. The van der Waals surface area contributed by atoms with E-state index in [0.29, 0.717) is 0 Å². The van der Waals surface area contributed by atoms with Crippen molar-refractivity contribution in [2.24, 2.45) is 0 Å². The highest BCUT2D eigenvalue weighted by Gasteiger charge is 2.24. The highest BCUT2D eigenvalue weighted by Crippen LogP contribution is 2.41. The van der Waals surface area contributed by atoms with Crippen molar-refractivity contribution < 1.29 is 28.4 Å². The molecule has 65 heavy (non-hydrogen) atoms. The summed E-state index contributed by atoms with van der Waals surface area (Å²) in [4.78, 5) is 0. The zero-order valence-corrected chi connectivity index (χ0v) is 39.0. The van der Waals surface area contributed by atoms with E-state index >= 15 is 0 Å². The van der Waals surface area contributed by atoms with Crippen molar-refractivity contribution in [3.63, 3.8) is 0 Å². The lowest BCUT2D eigenvalue weighted by Crippen LogP contribution is -2.18. The molecule has 0 radical (unpaired) electrons. The minimum Gasteiger partial charge on any atom is -0.457 e. The molecule has 0 aliphatic rings. The maximum Gasteiger partial charge on any atom is 0.133 e. The van der Waals surface area contributed by atoms with Crippen molar-refractivity contribution >= 4 is 0 Å². The van der Waals surface area contributed by atoms with Gasteiger partial charge in [0.2, 0.25) is 0 Å². The van der Waals surface area contributed by atoms with Gasteiger partial charge in [-0.2, -0.15) is 0 Å². The van der Waals surface area contributed by atoms with Gasteiger partial charge in [0.25, 0.3) is 0 Å². The van der Waals surface area contributed by atoms with E-state index in [2.05, 4.69) is 38.1 Å². The molecular formula is C59H56O6. The second kappa shape index (κ2) is 18.7. The molecule has 328 valence electrons. The number of benzene rings is 8. The third-order valence-electron chi connectivity index (χ3n) is 11.7. The summed E-state index contributed by atoms with van der Waals surface area (Å²) in [7, 11) is 0. The van der Waals surface area contributed by atoms with Crippen LogP contribution in [0.25, 0.3) is 0 Å². The van der Waals surface area contributed by atoms with Gasteiger partial charge in [0.15, 0.2) is 0 Å². The highest BCUT2D eigenvalue weighted by atomic mass is 16.5. The van der Waals surface area contributed by atoms with Crippen LogP contribution in [-0.2, 0) is 5.41 Å². The van der Waals surface area contributed by atoms with Crippen molar-refractivity contribution in [3.05, 3.63) is 213 Å². The summed E-state index contributed by atoms with van der Waals surface area (Å²) < 4.78 is 38.1. The Balaban J connectivity index is 0.887. The van der Waals surface area contributed by atoms with E-state index in [-0.39, 0.29) is 5.41 Å². The lowest BCUT2D eigenvalue weighted by molar-refractivity contribution is 0.454. The van der Waals surface area contributed by atoms with Crippen LogP contribution >= 0.6 is 0 Å². The maximum atomic E-state index is 6.47. The molecule has 0 fully saturated rings. The third-order valence-corrected chi connectivity index (χ3v) is 11.7. The van der Waals surface area contributed by atoms with Crippen molar-refractivity contribution in [2.75, 3.05) is 0 Å². The van der Waals surface area contributed by atoms with E-state index in [9.17, 15) is 0 Å². The molecule has 0 N–H and O–H groups in total. The van der Waals surface area contributed by atoms with Crippen LogP contribution < -0.4 is 28.4 Å². The summed E-state index contributed by atoms with van der Waals surface area (Å²) in [6.07, 6.45) is 0. The standard InChI is InChI=1S/C59H56O6/c1-37-29-51(30-38(2)57(37)64-53-33-41(5)55(42(6)34-53)62-47-17-13-11-14-18-47)60-49-25-21-45(22-26-49)59(9,10)46-23-27-50(28-24-46)61-52-31-39(3)58(40(4)32-52)65-54-35-43(7)56(44(8)36-54)63-48-19-15-12-16-20-48/h11-36H,1-10H3. The van der Waals surface area contributed by atoms with Gasteiger partial charge in [-0.05, 0) is 208 Å². The van der Waals surface area contributed by atoms with Crippen molar-refractivity contribution in [3.8, 4) is 69.0 Å². The van der Waals surface area contributed by atoms with Gasteiger partial charge in [0.1, 0.15) is 69.0 Å². The summed E-state index contributed by atoms with van der Waals surface area (Å²) in [6, 6.07) is 52.5. The Morgan fingerprint density at radius 1 is 0.246 bits per heavy atom. The molecule has 0 aliphatic carbocycles. The van der Waals surface area contributed by atoms with Crippen LogP contribution in [0, 0.1) is 55.4 Å². The van der Waals surface area contributed by atoms with Gasteiger partial charge < -0.3 is 28.4 Å². The fraction of sp³-hybridized carbons (Fsp3) is 0.186. The quantitative estimate of drug-likeness (QED) is 0.109. The van der Waals surface area contributed by atoms with Gasteiger partial charge in [-0.3, -0.25) is 0 Å². The monoisotopic (exact) mass is 860 g/mol. The van der Waals surface area contributed by atoms with Gasteiger partial charge >= 0.3 is 0 Å². The molecule has 0 amide bonds. The normalized spacial score (nSPS) is 11.2. The fourth-order valence-electron chi connectivity index (χ4n) is 8.29. The number of ether oxygens (including phenoxy) is 6. The van der Waals surface area contributed by atoms with Crippen LogP contribution in [0.3, 0.4) is 0 Å². The smallest absolute Gasteiger partial charge is 0.133 e. The van der Waals surface area contributed by atoms with E-state index in [1.807, 2.05) is 189 Å². The zero-order chi connectivity index (χ0) is 45.8. The van der Waals surface area contributed by atoms with Gasteiger partial charge in [-0.15, -0.1) is 0 Å². The predicted molar refractivity (Wildman–Crippen MR) is 262 cm³/mol. The molecule has 0 saturated carbocycles. The Labute approximate surface area is 384 Å². The minimum atomic E-state index is -0.263. The van der Waals surface area contributed by atoms with Crippen LogP contribution in [0.2, 0.25) is 0 Å². The second-order valence-corrected chi connectivity index (χ2v) is 17.5. The average Bonchev–Trinajstić information content (AvgIpc) is 3.27. The summed E-state index contributed by atoms with van der Waals surface area (Å²) in [6.45, 7) is 20.8. The third kappa shape index (κ3) is 10.2. The number of hydrogen-bond donors (Lipinski definition) is 0. The van der Waals surface area contributed by atoms with E-state index in [0.717, 1.165) is 114 Å². The summed E-state index contributed by atoms with van der Waals surface area (Å²) in [5.41, 5.74) is 10.0. The van der Waals surface area contributed by atoms with Crippen LogP contribution in [0.15, 0.2) is 158 Å². The van der Waals surface area contributed by atoms with E-state index in [1.165, 1.54) is 11.1 Å². The van der Waals surface area contributed by atoms with E-state index < -0.39 is 0 Å². The molecule has 6 nitrogen and oxygen atoms in total. The van der Waals surface area contributed by atoms with Gasteiger partial charge in [-0.1, -0.05) is 74.5 Å². The maximum absolute atomic E-state index is 6.47. The van der Waals surface area contributed by atoms with Crippen LogP contribution in [0.1, 0.15) is 69.5 Å². The first kappa shape index (κ1) is 44.2. The summed E-state index contributed by atoms with van der Waals surface area (Å²) in [5, 5.41) is 0. The Morgan fingerprint density at radius 2 is 0.462 bits per heavy atom. The SMILES string of the molecule is Cc1cc(Oc2ccc(C(C)(C)c3ccc(Oc4cc(C)c(Oc5cc(C)c(Oc6ccccc6)c(C)c5)c(C)c4)cc3)cc2)cc(C)c1Oc1cc(C)c(Oc2ccccc2)c(C)c1. The number of aryl methyl sites for hydroxylation is 8. The Morgan fingerprint density at radius 3 is 0.723 bits per heavy atom. The van der Waals surface area contributed by atoms with Gasteiger partial charge in [0.05, 0.1) is 0 Å². The molecule has 0 bridgehead atoms. The van der Waals surface area contributed by atoms with Crippen LogP contribution in [0.4, 0.5) is 0 Å². The molecule has 0 aliphatic heterocycles. The number of rotatable bonds is 14. The molecule has 8 aromatic rings. The largest absolute Gasteiger partial charge is 0.457 e. The molecule has 0 saturated heterocycles. The highest BCUT2D eigenvalue weighted by molar-refractivity contribution is 5.55. The van der Waals surface area contributed by atoms with Crippen LogP contribution in [-0.4, -0.2) is 0 Å². The average molecular weight is 861 g/mol. The van der Waals surface area contributed by atoms with Crippen molar-refractivity contribution in [1.82, 2.24) is 0 Å². The lowest BCUT2D eigenvalue weighted by atomic mass is 9.78. The molecule has 0 spiro atoms. The summed E-state index contributed by atoms with van der Waals surface area (Å²) >= 11 is 0.